The van der Waals surface area contributed by atoms with Crippen molar-refractivity contribution in [3.8, 4) is 12.1 Å². The molecule has 1 amide bonds. The van der Waals surface area contributed by atoms with Crippen LogP contribution in [0.15, 0.2) is 40.2 Å². The highest BCUT2D eigenvalue weighted by molar-refractivity contribution is 5.79. The van der Waals surface area contributed by atoms with Crippen LogP contribution in [0.4, 0.5) is 0 Å². The molecule has 0 aromatic carbocycles. The van der Waals surface area contributed by atoms with Crippen molar-refractivity contribution in [1.82, 2.24) is 19.9 Å². The lowest BCUT2D eigenvalue weighted by molar-refractivity contribution is -0.131. The van der Waals surface area contributed by atoms with E-state index in [4.69, 9.17) is 15.7 Å². The van der Waals surface area contributed by atoms with Crippen LogP contribution >= 0.6 is 0 Å². The predicted octanol–water partition coefficient (Wildman–Crippen LogP) is 0.472. The van der Waals surface area contributed by atoms with Crippen molar-refractivity contribution in [3.05, 3.63) is 40.8 Å². The van der Waals surface area contributed by atoms with E-state index in [9.17, 15) is 9.59 Å². The van der Waals surface area contributed by atoms with Crippen molar-refractivity contribution >= 4 is 23.0 Å². The fraction of sp³-hybridized carbons (Fsp3) is 0.333. The second-order valence-corrected chi connectivity index (χ2v) is 6.18. The van der Waals surface area contributed by atoms with Gasteiger partial charge in [-0.15, -0.1) is 0 Å². The first-order chi connectivity index (χ1) is 13.6. The highest BCUT2D eigenvalue weighted by atomic mass is 16.5. The van der Waals surface area contributed by atoms with Crippen molar-refractivity contribution in [2.45, 2.75) is 25.3 Å². The number of hydrogen-bond donors (Lipinski definition) is 2. The minimum absolute atomic E-state index is 0.0249. The number of nitrogens with two attached hydrogens (primary N) is 1. The number of fused-ring (bicyclic) bond motifs is 1. The molecule has 0 unspecified atom stereocenters. The van der Waals surface area contributed by atoms with Crippen molar-refractivity contribution in [3.63, 3.8) is 0 Å². The SMILES string of the molecule is N#CCC(=O)N1CCC[C@H](N=CC(=CN)Oc2nc3cnccc3c(=O)[nH]2)C1. The summed E-state index contributed by atoms with van der Waals surface area (Å²) in [5.74, 6) is 0.00616. The van der Waals surface area contributed by atoms with Gasteiger partial charge >= 0.3 is 6.01 Å². The van der Waals surface area contributed by atoms with Crippen LogP contribution in [0, 0.1) is 11.3 Å². The summed E-state index contributed by atoms with van der Waals surface area (Å²) in [6.45, 7) is 1.06. The first-order valence-corrected chi connectivity index (χ1v) is 8.72. The molecule has 0 radical (unpaired) electrons. The predicted molar refractivity (Wildman–Crippen MR) is 101 cm³/mol. The maximum atomic E-state index is 12.1. The van der Waals surface area contributed by atoms with Gasteiger partial charge in [0.1, 0.15) is 6.42 Å². The summed E-state index contributed by atoms with van der Waals surface area (Å²) >= 11 is 0. The van der Waals surface area contributed by atoms with Gasteiger partial charge in [0.25, 0.3) is 5.56 Å². The smallest absolute Gasteiger partial charge is 0.302 e. The molecular weight excluding hydrogens is 362 g/mol. The molecule has 3 rings (SSSR count). The van der Waals surface area contributed by atoms with Gasteiger partial charge in [0.2, 0.25) is 5.91 Å². The number of rotatable bonds is 5. The van der Waals surface area contributed by atoms with E-state index in [0.717, 1.165) is 12.8 Å². The van der Waals surface area contributed by atoms with Crippen LogP contribution in [0.3, 0.4) is 0 Å². The van der Waals surface area contributed by atoms with Crippen molar-refractivity contribution in [2.75, 3.05) is 13.1 Å². The second kappa shape index (κ2) is 8.77. The third kappa shape index (κ3) is 4.50. The highest BCUT2D eigenvalue weighted by Gasteiger charge is 2.22. The molecular formula is C18H19N7O3. The molecule has 144 valence electrons. The van der Waals surface area contributed by atoms with Crippen molar-refractivity contribution in [2.24, 2.45) is 10.7 Å². The zero-order chi connectivity index (χ0) is 19.9. The van der Waals surface area contributed by atoms with Gasteiger partial charge in [0.15, 0.2) is 5.76 Å². The minimum atomic E-state index is -0.352. The van der Waals surface area contributed by atoms with Gasteiger partial charge in [-0.1, -0.05) is 0 Å². The van der Waals surface area contributed by atoms with Crippen molar-refractivity contribution < 1.29 is 9.53 Å². The molecule has 1 aliphatic rings. The van der Waals surface area contributed by atoms with Crippen LogP contribution in [0.5, 0.6) is 6.01 Å². The van der Waals surface area contributed by atoms with E-state index >= 15 is 0 Å². The summed E-state index contributed by atoms with van der Waals surface area (Å²) < 4.78 is 5.53. The van der Waals surface area contributed by atoms with Crippen LogP contribution in [0.2, 0.25) is 0 Å². The lowest BCUT2D eigenvalue weighted by Crippen LogP contribution is -2.41. The number of piperidine rings is 1. The van der Waals surface area contributed by atoms with Crippen molar-refractivity contribution in [1.29, 1.82) is 5.26 Å². The number of nitrogens with one attached hydrogen (secondary N) is 1. The van der Waals surface area contributed by atoms with E-state index in [2.05, 4.69) is 19.9 Å². The number of nitriles is 1. The number of aromatic amines is 1. The molecule has 1 fully saturated rings. The first kappa shape index (κ1) is 19.0. The van der Waals surface area contributed by atoms with Gasteiger partial charge in [-0.25, -0.2) is 0 Å². The number of allylic oxidation sites excluding steroid dienone is 1. The molecule has 1 aliphatic heterocycles. The summed E-state index contributed by atoms with van der Waals surface area (Å²) in [4.78, 5) is 40.7. The Morgan fingerprint density at radius 1 is 1.57 bits per heavy atom. The molecule has 1 atom stereocenters. The van der Waals surface area contributed by atoms with E-state index in [1.54, 1.807) is 11.0 Å². The first-order valence-electron chi connectivity index (χ1n) is 8.72. The lowest BCUT2D eigenvalue weighted by atomic mass is 10.1. The van der Waals surface area contributed by atoms with Gasteiger partial charge in [-0.2, -0.15) is 10.2 Å². The molecule has 28 heavy (non-hydrogen) atoms. The minimum Gasteiger partial charge on any atom is -0.422 e. The van der Waals surface area contributed by atoms with Gasteiger partial charge in [-0.3, -0.25) is 24.5 Å². The van der Waals surface area contributed by atoms with E-state index < -0.39 is 0 Å². The average Bonchev–Trinajstić information content (AvgIpc) is 2.71. The number of ether oxygens (including phenoxy) is 1. The summed E-state index contributed by atoms with van der Waals surface area (Å²) in [5, 5.41) is 9.07. The molecule has 3 heterocycles. The average molecular weight is 381 g/mol. The summed E-state index contributed by atoms with van der Waals surface area (Å²) in [5.41, 5.74) is 5.64. The van der Waals surface area contributed by atoms with Crippen LogP contribution in [0.25, 0.3) is 10.9 Å². The number of H-pyrrole nitrogens is 1. The summed E-state index contributed by atoms with van der Waals surface area (Å²) in [6.07, 6.45) is 7.09. The molecule has 0 aliphatic carbocycles. The Bertz CT molecular complexity index is 1020. The van der Waals surface area contributed by atoms with Crippen LogP contribution in [-0.2, 0) is 4.79 Å². The third-order valence-corrected chi connectivity index (χ3v) is 4.26. The molecule has 10 heteroatoms. The Balaban J connectivity index is 1.68. The number of carbonyl (C=O) groups excluding carboxylic acids is 1. The Morgan fingerprint density at radius 3 is 3.21 bits per heavy atom. The maximum Gasteiger partial charge on any atom is 0.302 e. The fourth-order valence-electron chi connectivity index (χ4n) is 2.89. The largest absolute Gasteiger partial charge is 0.422 e. The monoisotopic (exact) mass is 381 g/mol. The number of hydrogen-bond acceptors (Lipinski definition) is 8. The quantitative estimate of drug-likeness (QED) is 0.564. The molecule has 10 nitrogen and oxygen atoms in total. The third-order valence-electron chi connectivity index (χ3n) is 4.26. The molecule has 1 saturated heterocycles. The van der Waals surface area contributed by atoms with E-state index in [-0.39, 0.29) is 35.7 Å². The number of likely N-dealkylation sites (tertiary alicyclic amines) is 1. The van der Waals surface area contributed by atoms with E-state index in [0.29, 0.717) is 24.0 Å². The van der Waals surface area contributed by atoms with Gasteiger partial charge in [-0.05, 0) is 18.9 Å². The molecule has 0 bridgehead atoms. The number of aromatic nitrogens is 3. The number of pyridine rings is 1. The van der Waals surface area contributed by atoms with Crippen LogP contribution in [-0.4, -0.2) is 51.1 Å². The number of aliphatic imine (C=N–C) groups is 1. The standard InChI is InChI=1S/C18H19N7O3/c19-5-3-16(26)25-7-1-2-12(11-25)22-9-13(8-20)28-18-23-15-10-21-6-4-14(15)17(27)24-18/h4,6,8-10,12H,1-3,7,11,20H2,(H,23,24,27)/t12-/m0/s1. The van der Waals surface area contributed by atoms with Crippen LogP contribution in [0.1, 0.15) is 19.3 Å². The fourth-order valence-corrected chi connectivity index (χ4v) is 2.89. The molecule has 2 aromatic heterocycles. The molecule has 3 N–H and O–H groups in total. The normalized spacial score (nSPS) is 17.6. The highest BCUT2D eigenvalue weighted by Crippen LogP contribution is 2.15. The van der Waals surface area contributed by atoms with Gasteiger partial charge in [0, 0.05) is 25.5 Å². The molecule has 0 spiro atoms. The number of carbonyl (C=O) groups is 1. The second-order valence-electron chi connectivity index (χ2n) is 6.18. The van der Waals surface area contributed by atoms with Crippen LogP contribution < -0.4 is 16.0 Å². The van der Waals surface area contributed by atoms with E-state index in [1.165, 1.54) is 24.8 Å². The topological polar surface area (TPSA) is 150 Å². The van der Waals surface area contributed by atoms with E-state index in [1.807, 2.05) is 6.07 Å². The Labute approximate surface area is 160 Å². The zero-order valence-electron chi connectivity index (χ0n) is 15.0. The number of nitrogens with zero attached hydrogens (tertiary/aromatic N) is 5. The summed E-state index contributed by atoms with van der Waals surface area (Å²) in [6, 6.07) is 3.28. The molecule has 0 saturated carbocycles. The Hall–Kier alpha value is -3.74. The Kier molecular flexibility index (Phi) is 5.96. The lowest BCUT2D eigenvalue weighted by Gasteiger charge is -2.30. The zero-order valence-corrected chi connectivity index (χ0v) is 15.0. The Morgan fingerprint density at radius 2 is 2.43 bits per heavy atom. The maximum absolute atomic E-state index is 12.1. The number of amides is 1. The molecule has 2 aromatic rings. The summed E-state index contributed by atoms with van der Waals surface area (Å²) in [7, 11) is 0. The van der Waals surface area contributed by atoms with Gasteiger partial charge < -0.3 is 15.4 Å². The van der Waals surface area contributed by atoms with Gasteiger partial charge in [0.05, 0.1) is 35.4 Å².